The summed E-state index contributed by atoms with van der Waals surface area (Å²) in [6.07, 6.45) is 1.04. The van der Waals surface area contributed by atoms with E-state index in [9.17, 15) is 8.42 Å². The minimum atomic E-state index is -3.58. The Balaban J connectivity index is 2.23. The summed E-state index contributed by atoms with van der Waals surface area (Å²) in [4.78, 5) is 4.23. The van der Waals surface area contributed by atoms with E-state index in [0.717, 1.165) is 11.8 Å². The van der Waals surface area contributed by atoms with Crippen molar-refractivity contribution in [3.05, 3.63) is 46.6 Å². The Kier molecular flexibility index (Phi) is 7.09. The van der Waals surface area contributed by atoms with Crippen LogP contribution in [-0.4, -0.2) is 33.1 Å². The maximum atomic E-state index is 11.1. The molecule has 0 N–H and O–H groups in total. The third-order valence-electron chi connectivity index (χ3n) is 4.76. The average molecular weight is 447 g/mol. The molecule has 0 spiro atoms. The summed E-state index contributed by atoms with van der Waals surface area (Å²) in [6.45, 7) is 10.6. The van der Waals surface area contributed by atoms with Crippen LogP contribution >= 0.6 is 11.6 Å². The maximum Gasteiger partial charge on any atom is 0.264 e. The van der Waals surface area contributed by atoms with Crippen molar-refractivity contribution in [2.24, 2.45) is 0 Å². The van der Waals surface area contributed by atoms with Crippen molar-refractivity contribution in [3.63, 3.8) is 0 Å². The SMILES string of the molecule is CC(C)(C)[Si](C)(C)OC(Cc1nc(COS(C)(=O)=O)no1)c1ccc(Cl)cc1. The lowest BCUT2D eigenvalue weighted by molar-refractivity contribution is 0.170. The number of rotatable bonds is 8. The Morgan fingerprint density at radius 2 is 1.82 bits per heavy atom. The van der Waals surface area contributed by atoms with Crippen molar-refractivity contribution in [1.29, 1.82) is 0 Å². The molecule has 0 aliphatic rings. The summed E-state index contributed by atoms with van der Waals surface area (Å²) in [6, 6.07) is 7.48. The molecule has 7 nitrogen and oxygen atoms in total. The molecule has 10 heteroatoms. The molecule has 0 aliphatic heterocycles. The smallest absolute Gasteiger partial charge is 0.264 e. The molecule has 0 saturated carbocycles. The summed E-state index contributed by atoms with van der Waals surface area (Å²) in [7, 11) is -5.66. The van der Waals surface area contributed by atoms with Gasteiger partial charge in [-0.3, -0.25) is 4.18 Å². The van der Waals surface area contributed by atoms with Crippen molar-refractivity contribution in [1.82, 2.24) is 10.1 Å². The summed E-state index contributed by atoms with van der Waals surface area (Å²) in [5.41, 5.74) is 0.960. The number of nitrogens with zero attached hydrogens (tertiary/aromatic N) is 2. The van der Waals surface area contributed by atoms with Gasteiger partial charge in [-0.1, -0.05) is 49.7 Å². The molecule has 1 aromatic carbocycles. The largest absolute Gasteiger partial charge is 0.409 e. The molecule has 2 aromatic rings. The van der Waals surface area contributed by atoms with Gasteiger partial charge in [0.05, 0.1) is 18.8 Å². The topological polar surface area (TPSA) is 91.5 Å². The highest BCUT2D eigenvalue weighted by molar-refractivity contribution is 7.85. The number of halogens is 1. The van der Waals surface area contributed by atoms with E-state index in [1.54, 1.807) is 0 Å². The van der Waals surface area contributed by atoms with Gasteiger partial charge in [0.2, 0.25) is 5.89 Å². The van der Waals surface area contributed by atoms with Crippen molar-refractivity contribution in [2.75, 3.05) is 6.26 Å². The molecule has 1 aromatic heterocycles. The Labute approximate surface area is 172 Å². The van der Waals surface area contributed by atoms with Gasteiger partial charge in [-0.15, -0.1) is 0 Å². The van der Waals surface area contributed by atoms with E-state index in [-0.39, 0.29) is 23.6 Å². The number of aromatic nitrogens is 2. The van der Waals surface area contributed by atoms with Gasteiger partial charge in [-0.2, -0.15) is 13.4 Å². The first-order chi connectivity index (χ1) is 12.8. The van der Waals surface area contributed by atoms with Crippen molar-refractivity contribution < 1.29 is 21.5 Å². The van der Waals surface area contributed by atoms with E-state index in [2.05, 4.69) is 44.0 Å². The fourth-order valence-corrected chi connectivity index (χ4v) is 3.92. The third kappa shape index (κ3) is 6.66. The van der Waals surface area contributed by atoms with E-state index in [1.807, 2.05) is 24.3 Å². The molecule has 0 saturated heterocycles. The van der Waals surface area contributed by atoms with Gasteiger partial charge in [0.25, 0.3) is 10.1 Å². The van der Waals surface area contributed by atoms with Crippen LogP contribution < -0.4 is 0 Å². The highest BCUT2D eigenvalue weighted by Crippen LogP contribution is 2.40. The summed E-state index contributed by atoms with van der Waals surface area (Å²) >= 11 is 6.02. The first-order valence-corrected chi connectivity index (χ1v) is 14.0. The highest BCUT2D eigenvalue weighted by Gasteiger charge is 2.39. The molecule has 0 fully saturated rings. The van der Waals surface area contributed by atoms with Crippen LogP contribution in [-0.2, 0) is 31.8 Å². The molecule has 1 unspecified atom stereocenters. The molecular weight excluding hydrogens is 420 g/mol. The van der Waals surface area contributed by atoms with Gasteiger partial charge in [0.1, 0.15) is 6.61 Å². The molecule has 0 bridgehead atoms. The Morgan fingerprint density at radius 3 is 2.36 bits per heavy atom. The summed E-state index contributed by atoms with van der Waals surface area (Å²) < 4.78 is 38.8. The van der Waals surface area contributed by atoms with E-state index >= 15 is 0 Å². The predicted molar refractivity (Wildman–Crippen MR) is 110 cm³/mol. The fraction of sp³-hybridized carbons (Fsp3) is 0.556. The zero-order valence-electron chi connectivity index (χ0n) is 17.0. The molecule has 28 heavy (non-hydrogen) atoms. The molecule has 1 heterocycles. The van der Waals surface area contributed by atoms with Gasteiger partial charge in [0.15, 0.2) is 14.1 Å². The standard InChI is InChI=1S/C18H27ClN2O5SSi/c1-18(2,3)28(5,6)26-15(13-7-9-14(19)10-8-13)11-17-20-16(21-25-17)12-24-27(4,22)23/h7-10,15H,11-12H2,1-6H3. The van der Waals surface area contributed by atoms with Crippen LogP contribution in [0.15, 0.2) is 28.8 Å². The Hall–Kier alpha value is -1.26. The number of hydrogen-bond donors (Lipinski definition) is 0. The van der Waals surface area contributed by atoms with Crippen LogP contribution in [0.2, 0.25) is 23.2 Å². The normalized spacial score (nSPS) is 14.2. The van der Waals surface area contributed by atoms with Crippen LogP contribution in [0.3, 0.4) is 0 Å². The summed E-state index contributed by atoms with van der Waals surface area (Å²) in [5, 5.41) is 4.46. The van der Waals surface area contributed by atoms with E-state index in [1.165, 1.54) is 0 Å². The fourth-order valence-electron chi connectivity index (χ4n) is 2.19. The van der Waals surface area contributed by atoms with Crippen LogP contribution in [0.4, 0.5) is 0 Å². The van der Waals surface area contributed by atoms with E-state index in [4.69, 9.17) is 24.7 Å². The Morgan fingerprint density at radius 1 is 1.21 bits per heavy atom. The van der Waals surface area contributed by atoms with Crippen LogP contribution in [0.5, 0.6) is 0 Å². The molecule has 1 atom stereocenters. The minimum absolute atomic E-state index is 0.0288. The lowest BCUT2D eigenvalue weighted by Gasteiger charge is -2.39. The predicted octanol–water partition coefficient (Wildman–Crippen LogP) is 4.50. The zero-order valence-corrected chi connectivity index (χ0v) is 19.6. The van der Waals surface area contributed by atoms with Gasteiger partial charge in [0, 0.05) is 5.02 Å². The minimum Gasteiger partial charge on any atom is -0.409 e. The maximum absolute atomic E-state index is 11.1. The van der Waals surface area contributed by atoms with Gasteiger partial charge >= 0.3 is 0 Å². The highest BCUT2D eigenvalue weighted by atomic mass is 35.5. The third-order valence-corrected chi connectivity index (χ3v) is 10.0. The quantitative estimate of drug-likeness (QED) is 0.435. The second-order valence-corrected chi connectivity index (χ2v) is 15.0. The number of hydrogen-bond acceptors (Lipinski definition) is 7. The van der Waals surface area contributed by atoms with Crippen LogP contribution in [0.25, 0.3) is 0 Å². The van der Waals surface area contributed by atoms with E-state index in [0.29, 0.717) is 17.3 Å². The van der Waals surface area contributed by atoms with Crippen molar-refractivity contribution in [2.45, 2.75) is 58.0 Å². The van der Waals surface area contributed by atoms with Gasteiger partial charge in [-0.25, -0.2) is 0 Å². The molecular formula is C18H27ClN2O5SSi. The lowest BCUT2D eigenvalue weighted by atomic mass is 10.1. The summed E-state index contributed by atoms with van der Waals surface area (Å²) in [5.74, 6) is 0.522. The number of benzene rings is 1. The first kappa shape index (κ1) is 23.0. The second-order valence-electron chi connectivity index (χ2n) is 8.19. The lowest BCUT2D eigenvalue weighted by Crippen LogP contribution is -2.42. The van der Waals surface area contributed by atoms with Crippen molar-refractivity contribution >= 4 is 30.0 Å². The molecule has 0 radical (unpaired) electrons. The molecule has 156 valence electrons. The Bertz CT molecular complexity index is 891. The zero-order chi connectivity index (χ0) is 21.2. The van der Waals surface area contributed by atoms with Crippen molar-refractivity contribution in [3.8, 4) is 0 Å². The van der Waals surface area contributed by atoms with Gasteiger partial charge in [-0.05, 0) is 35.8 Å². The first-order valence-electron chi connectivity index (χ1n) is 8.86. The van der Waals surface area contributed by atoms with Crippen LogP contribution in [0.1, 0.15) is 44.2 Å². The molecule has 0 amide bonds. The van der Waals surface area contributed by atoms with Gasteiger partial charge < -0.3 is 8.95 Å². The molecule has 0 aliphatic carbocycles. The monoisotopic (exact) mass is 446 g/mol. The second kappa shape index (κ2) is 8.62. The average Bonchev–Trinajstić information content (AvgIpc) is 2.99. The molecule has 2 rings (SSSR count). The van der Waals surface area contributed by atoms with Crippen LogP contribution in [0, 0.1) is 0 Å². The van der Waals surface area contributed by atoms with E-state index < -0.39 is 18.4 Å².